The first-order valence-corrected chi connectivity index (χ1v) is 9.92. The number of ketones is 1. The lowest BCUT2D eigenvalue weighted by Gasteiger charge is -2.19. The SMILES string of the molecule is COc1ccc(/C=C2\C(=O)c3cccnc3N2S(=O)(=O)c2ccccc2)cc1. The number of anilines is 1. The molecule has 3 aromatic rings. The van der Waals surface area contributed by atoms with Crippen LogP contribution in [0.25, 0.3) is 6.08 Å². The van der Waals surface area contributed by atoms with E-state index in [2.05, 4.69) is 4.98 Å². The monoisotopic (exact) mass is 392 g/mol. The highest BCUT2D eigenvalue weighted by Crippen LogP contribution is 2.38. The van der Waals surface area contributed by atoms with Crippen LogP contribution in [-0.2, 0) is 10.0 Å². The van der Waals surface area contributed by atoms with Crippen molar-refractivity contribution in [2.75, 3.05) is 11.4 Å². The maximum Gasteiger partial charge on any atom is 0.270 e. The number of benzene rings is 2. The Bertz CT molecular complexity index is 1170. The van der Waals surface area contributed by atoms with Crippen molar-refractivity contribution in [3.63, 3.8) is 0 Å². The summed E-state index contributed by atoms with van der Waals surface area (Å²) in [6.07, 6.45) is 3.01. The number of pyridine rings is 1. The molecule has 2 aromatic carbocycles. The van der Waals surface area contributed by atoms with Crippen LogP contribution < -0.4 is 9.04 Å². The normalized spacial score (nSPS) is 15.0. The average molecular weight is 392 g/mol. The van der Waals surface area contributed by atoms with Gasteiger partial charge in [0.15, 0.2) is 5.82 Å². The highest BCUT2D eigenvalue weighted by atomic mass is 32.2. The van der Waals surface area contributed by atoms with Crippen LogP contribution >= 0.6 is 0 Å². The van der Waals surface area contributed by atoms with E-state index >= 15 is 0 Å². The number of carbonyl (C=O) groups is 1. The van der Waals surface area contributed by atoms with Crippen molar-refractivity contribution in [1.29, 1.82) is 0 Å². The van der Waals surface area contributed by atoms with Crippen LogP contribution in [0.15, 0.2) is 83.5 Å². The maximum absolute atomic E-state index is 13.3. The van der Waals surface area contributed by atoms with Crippen LogP contribution in [0, 0.1) is 0 Å². The second kappa shape index (κ2) is 6.94. The molecule has 0 radical (unpaired) electrons. The van der Waals surface area contributed by atoms with Crippen LogP contribution in [0.3, 0.4) is 0 Å². The largest absolute Gasteiger partial charge is 0.497 e. The van der Waals surface area contributed by atoms with Crippen molar-refractivity contribution >= 4 is 27.7 Å². The van der Waals surface area contributed by atoms with Gasteiger partial charge in [0.05, 0.1) is 17.6 Å². The standard InChI is InChI=1S/C21H16N2O4S/c1-27-16-11-9-15(10-12-16)14-19-20(24)18-8-5-13-22-21(18)23(19)28(25,26)17-6-3-2-4-7-17/h2-14H,1H3/b19-14+. The summed E-state index contributed by atoms with van der Waals surface area (Å²) in [6, 6.07) is 18.2. The first-order valence-electron chi connectivity index (χ1n) is 8.48. The molecule has 0 spiro atoms. The van der Waals surface area contributed by atoms with Gasteiger partial charge in [-0.25, -0.2) is 17.7 Å². The number of fused-ring (bicyclic) bond motifs is 1. The molecule has 28 heavy (non-hydrogen) atoms. The molecule has 0 bridgehead atoms. The smallest absolute Gasteiger partial charge is 0.270 e. The van der Waals surface area contributed by atoms with Crippen molar-refractivity contribution in [1.82, 2.24) is 4.98 Å². The van der Waals surface area contributed by atoms with Gasteiger partial charge < -0.3 is 4.74 Å². The van der Waals surface area contributed by atoms with Crippen molar-refractivity contribution < 1.29 is 17.9 Å². The fraction of sp³-hybridized carbons (Fsp3) is 0.0476. The van der Waals surface area contributed by atoms with Crippen molar-refractivity contribution in [2.45, 2.75) is 4.90 Å². The van der Waals surface area contributed by atoms with Crippen molar-refractivity contribution in [2.24, 2.45) is 0 Å². The van der Waals surface area contributed by atoms with Crippen LogP contribution in [-0.4, -0.2) is 26.3 Å². The van der Waals surface area contributed by atoms with E-state index < -0.39 is 15.8 Å². The highest BCUT2D eigenvalue weighted by Gasteiger charge is 2.41. The number of ether oxygens (including phenoxy) is 1. The molecule has 0 atom stereocenters. The van der Waals surface area contributed by atoms with Gasteiger partial charge in [0.2, 0.25) is 5.78 Å². The minimum Gasteiger partial charge on any atom is -0.497 e. The Morgan fingerprint density at radius 3 is 2.36 bits per heavy atom. The number of carbonyl (C=O) groups excluding carboxylic acids is 1. The summed E-state index contributed by atoms with van der Waals surface area (Å²) in [5.74, 6) is 0.383. The van der Waals surface area contributed by atoms with Gasteiger partial charge >= 0.3 is 0 Å². The van der Waals surface area contributed by atoms with E-state index in [0.29, 0.717) is 11.3 Å². The van der Waals surface area contributed by atoms with E-state index in [1.807, 2.05) is 0 Å². The Balaban J connectivity index is 1.89. The zero-order chi connectivity index (χ0) is 19.7. The quantitative estimate of drug-likeness (QED) is 0.635. The summed E-state index contributed by atoms with van der Waals surface area (Å²) in [5, 5.41) is 0. The molecule has 1 aliphatic heterocycles. The first-order chi connectivity index (χ1) is 13.5. The number of hydrogen-bond acceptors (Lipinski definition) is 5. The Labute approximate surface area is 162 Å². The third-order valence-electron chi connectivity index (χ3n) is 4.38. The number of allylic oxidation sites excluding steroid dienone is 1. The average Bonchev–Trinajstić information content (AvgIpc) is 3.02. The summed E-state index contributed by atoms with van der Waals surface area (Å²) >= 11 is 0. The minimum atomic E-state index is -4.01. The van der Waals surface area contributed by atoms with Crippen molar-refractivity contribution in [3.05, 3.63) is 89.8 Å². The van der Waals surface area contributed by atoms with E-state index in [0.717, 1.165) is 4.31 Å². The van der Waals surface area contributed by atoms with Crippen molar-refractivity contribution in [3.8, 4) is 5.75 Å². The predicted molar refractivity (Wildman–Crippen MR) is 106 cm³/mol. The van der Waals surface area contributed by atoms with Gasteiger partial charge in [0.1, 0.15) is 11.4 Å². The Hall–Kier alpha value is -3.45. The zero-order valence-corrected chi connectivity index (χ0v) is 15.8. The minimum absolute atomic E-state index is 0.0303. The third kappa shape index (κ3) is 2.95. The maximum atomic E-state index is 13.3. The van der Waals surface area contributed by atoms with Gasteiger partial charge in [-0.1, -0.05) is 30.3 Å². The van der Waals surface area contributed by atoms with Gasteiger partial charge in [-0.15, -0.1) is 0 Å². The van der Waals surface area contributed by atoms with Gasteiger partial charge in [0.25, 0.3) is 10.0 Å². The Morgan fingerprint density at radius 2 is 1.68 bits per heavy atom. The topological polar surface area (TPSA) is 76.6 Å². The molecular formula is C21H16N2O4S. The van der Waals surface area contributed by atoms with Gasteiger partial charge in [-0.05, 0) is 48.0 Å². The molecule has 4 rings (SSSR count). The predicted octanol–water partition coefficient (Wildman–Crippen LogP) is 3.52. The molecule has 0 saturated carbocycles. The lowest BCUT2D eigenvalue weighted by Crippen LogP contribution is -2.29. The van der Waals surface area contributed by atoms with E-state index in [-0.39, 0.29) is 22.0 Å². The molecule has 0 N–H and O–H groups in total. The molecular weight excluding hydrogens is 376 g/mol. The molecule has 0 aliphatic carbocycles. The number of methoxy groups -OCH3 is 1. The van der Waals surface area contributed by atoms with E-state index in [1.54, 1.807) is 67.8 Å². The van der Waals surface area contributed by atoms with E-state index in [1.165, 1.54) is 18.3 Å². The molecule has 1 aromatic heterocycles. The molecule has 7 heteroatoms. The summed E-state index contributed by atoms with van der Waals surface area (Å²) in [7, 11) is -2.45. The summed E-state index contributed by atoms with van der Waals surface area (Å²) in [5.41, 5.74) is 0.953. The van der Waals surface area contributed by atoms with Crippen LogP contribution in [0.4, 0.5) is 5.82 Å². The number of hydrogen-bond donors (Lipinski definition) is 0. The van der Waals surface area contributed by atoms with Crippen LogP contribution in [0.5, 0.6) is 5.75 Å². The molecule has 0 saturated heterocycles. The fourth-order valence-corrected chi connectivity index (χ4v) is 4.48. The number of aromatic nitrogens is 1. The second-order valence-corrected chi connectivity index (χ2v) is 7.88. The Morgan fingerprint density at radius 1 is 0.964 bits per heavy atom. The lowest BCUT2D eigenvalue weighted by atomic mass is 10.1. The molecule has 0 unspecified atom stereocenters. The van der Waals surface area contributed by atoms with Crippen LogP contribution in [0.1, 0.15) is 15.9 Å². The number of nitrogens with zero attached hydrogens (tertiary/aromatic N) is 2. The first kappa shape index (κ1) is 17.9. The molecule has 6 nitrogen and oxygen atoms in total. The third-order valence-corrected chi connectivity index (χ3v) is 6.09. The van der Waals surface area contributed by atoms with E-state index in [4.69, 9.17) is 4.74 Å². The number of rotatable bonds is 4. The molecule has 140 valence electrons. The summed E-state index contributed by atoms with van der Waals surface area (Å²) in [6.45, 7) is 0. The number of sulfonamides is 1. The Kier molecular flexibility index (Phi) is 4.44. The second-order valence-electron chi connectivity index (χ2n) is 6.09. The van der Waals surface area contributed by atoms with Gasteiger partial charge in [-0.3, -0.25) is 4.79 Å². The lowest BCUT2D eigenvalue weighted by molar-refractivity contribution is 0.104. The fourth-order valence-electron chi connectivity index (χ4n) is 3.00. The van der Waals surface area contributed by atoms with Gasteiger partial charge in [-0.2, -0.15) is 0 Å². The zero-order valence-electron chi connectivity index (χ0n) is 14.9. The summed E-state index contributed by atoms with van der Waals surface area (Å²) < 4.78 is 32.8. The summed E-state index contributed by atoms with van der Waals surface area (Å²) in [4.78, 5) is 17.2. The molecule has 1 aliphatic rings. The molecule has 0 fully saturated rings. The van der Waals surface area contributed by atoms with E-state index in [9.17, 15) is 13.2 Å². The highest BCUT2D eigenvalue weighted by molar-refractivity contribution is 7.93. The van der Waals surface area contributed by atoms with Gasteiger partial charge in [0, 0.05) is 6.20 Å². The molecule has 0 amide bonds. The molecule has 2 heterocycles. The van der Waals surface area contributed by atoms with Crippen LogP contribution in [0.2, 0.25) is 0 Å². The number of Topliss-reactive ketones (excluding diaryl/α,β-unsaturated/α-hetero) is 1.